The molecule has 4 aromatic rings. The Morgan fingerprint density at radius 2 is 1.96 bits per heavy atom. The van der Waals surface area contributed by atoms with E-state index in [0.717, 1.165) is 26.9 Å². The van der Waals surface area contributed by atoms with Gasteiger partial charge in [0.1, 0.15) is 18.0 Å². The highest BCUT2D eigenvalue weighted by atomic mass is 32.1. The first-order chi connectivity index (χ1) is 24.3. The molecule has 4 amide bonds. The lowest BCUT2D eigenvalue weighted by Crippen LogP contribution is -2.66. The molecule has 1 aromatic heterocycles. The molecule has 3 aliphatic rings. The lowest BCUT2D eigenvalue weighted by molar-refractivity contribution is -0.157. The predicted molar refractivity (Wildman–Crippen MR) is 188 cm³/mol. The van der Waals surface area contributed by atoms with Crippen LogP contribution in [0.4, 0.5) is 15.6 Å². The minimum atomic E-state index is -0.893. The molecule has 0 aliphatic carbocycles. The molecule has 14 heteroatoms. The number of benzene rings is 3. The van der Waals surface area contributed by atoms with Gasteiger partial charge in [0.2, 0.25) is 11.8 Å². The second-order valence-corrected chi connectivity index (χ2v) is 13.2. The van der Waals surface area contributed by atoms with Crippen molar-refractivity contribution in [2.45, 2.75) is 31.7 Å². The molecule has 2 atom stereocenters. The van der Waals surface area contributed by atoms with Crippen molar-refractivity contribution in [2.75, 3.05) is 37.3 Å². The summed E-state index contributed by atoms with van der Waals surface area (Å²) in [4.78, 5) is 61.6. The molecule has 7 rings (SSSR count). The number of amides is 4. The van der Waals surface area contributed by atoms with Crippen LogP contribution >= 0.6 is 11.3 Å². The number of rotatable bonds is 8. The number of urea groups is 1. The predicted octanol–water partition coefficient (Wildman–Crippen LogP) is 2.95. The van der Waals surface area contributed by atoms with Crippen molar-refractivity contribution in [3.8, 4) is 18.1 Å². The van der Waals surface area contributed by atoms with Gasteiger partial charge in [-0.05, 0) is 34.9 Å². The number of nitrogens with zero attached hydrogens (tertiary/aromatic N) is 5. The molecule has 2 fully saturated rings. The van der Waals surface area contributed by atoms with Crippen LogP contribution in [0.15, 0.2) is 79.0 Å². The number of fused-ring (bicyclic) bond motifs is 3. The second kappa shape index (κ2) is 13.9. The average Bonchev–Trinajstić information content (AvgIpc) is 3.65. The number of anilines is 2. The van der Waals surface area contributed by atoms with Gasteiger partial charge in [-0.25, -0.2) is 14.8 Å². The van der Waals surface area contributed by atoms with Gasteiger partial charge >= 0.3 is 6.03 Å². The summed E-state index contributed by atoms with van der Waals surface area (Å²) in [6, 6.07) is 19.3. The molecule has 3 aliphatic heterocycles. The second-order valence-electron chi connectivity index (χ2n) is 12.1. The highest BCUT2D eigenvalue weighted by Crippen LogP contribution is 2.34. The number of para-hydroxylation sites is 1. The van der Waals surface area contributed by atoms with Crippen molar-refractivity contribution < 1.29 is 23.9 Å². The number of hydrogen-bond donors (Lipinski definition) is 3. The van der Waals surface area contributed by atoms with Gasteiger partial charge in [0, 0.05) is 31.8 Å². The third-order valence-electron chi connectivity index (χ3n) is 8.87. The van der Waals surface area contributed by atoms with Gasteiger partial charge in [-0.3, -0.25) is 14.4 Å². The van der Waals surface area contributed by atoms with Gasteiger partial charge in [-0.2, -0.15) is 5.01 Å². The Kier molecular flexibility index (Phi) is 9.07. The molecule has 0 saturated carbocycles. The Morgan fingerprint density at radius 3 is 2.78 bits per heavy atom. The first-order valence-corrected chi connectivity index (χ1v) is 16.9. The highest BCUT2D eigenvalue weighted by Gasteiger charge is 2.52. The molecule has 4 heterocycles. The van der Waals surface area contributed by atoms with E-state index in [1.807, 2.05) is 60.7 Å². The summed E-state index contributed by atoms with van der Waals surface area (Å²) < 4.78 is 6.57. The van der Waals surface area contributed by atoms with Crippen molar-refractivity contribution >= 4 is 56.0 Å². The van der Waals surface area contributed by atoms with Crippen molar-refractivity contribution in [3.63, 3.8) is 0 Å². The van der Waals surface area contributed by atoms with Crippen LogP contribution in [0.25, 0.3) is 10.2 Å². The van der Waals surface area contributed by atoms with Gasteiger partial charge in [-0.15, -0.1) is 6.42 Å². The zero-order valence-electron chi connectivity index (χ0n) is 27.0. The normalized spacial score (nSPS) is 19.5. The molecule has 0 radical (unpaired) electrons. The van der Waals surface area contributed by atoms with Crippen LogP contribution in [-0.4, -0.2) is 86.9 Å². The largest absolute Gasteiger partial charge is 0.483 e. The maximum atomic E-state index is 14.4. The van der Waals surface area contributed by atoms with Crippen molar-refractivity contribution in [2.24, 2.45) is 0 Å². The molecule has 0 spiro atoms. The lowest BCUT2D eigenvalue weighted by Gasteiger charge is -2.46. The van der Waals surface area contributed by atoms with Crippen LogP contribution in [0.5, 0.6) is 5.75 Å². The lowest BCUT2D eigenvalue weighted by atomic mass is 9.99. The monoisotopic (exact) mass is 690 g/mol. The molecule has 0 unspecified atom stereocenters. The molecule has 50 heavy (non-hydrogen) atoms. The van der Waals surface area contributed by atoms with Crippen LogP contribution in [-0.2, 0) is 33.9 Å². The van der Waals surface area contributed by atoms with Gasteiger partial charge in [0.05, 0.1) is 35.5 Å². The fourth-order valence-electron chi connectivity index (χ4n) is 6.56. The summed E-state index contributed by atoms with van der Waals surface area (Å²) >= 11 is 1.37. The van der Waals surface area contributed by atoms with E-state index in [1.165, 1.54) is 22.4 Å². The number of nitrogens with two attached hydrogens (primary N) is 1. The van der Waals surface area contributed by atoms with Crippen LogP contribution < -0.4 is 21.1 Å². The van der Waals surface area contributed by atoms with Crippen LogP contribution in [0, 0.1) is 12.3 Å². The Bertz CT molecular complexity index is 2040. The number of nitrogens with one attached hydrogen (secondary N) is 2. The summed E-state index contributed by atoms with van der Waals surface area (Å²) in [5.74, 6) is 2.34. The standard InChI is InChI=1S/C36H34N8O5S/c1-2-15-42(36(48)39-18-23-7-4-3-5-8-23)43-21-32(46)44-28(17-24-11-12-29-27(16-24)38-14-13-26(45)22-49-29)34(47)41(20-31(43)44)19-25-9-6-10-30-33(25)40-35(37)50-30/h1,3-14,16,28,31,38H,15,17-22H2,(H2,37,40)(H,39,48)/b14-13+/t28-,31+/m0/s1. The fraction of sp³-hybridized carbons (Fsp3) is 0.250. The van der Waals surface area contributed by atoms with Crippen LogP contribution in [0.2, 0.25) is 0 Å². The van der Waals surface area contributed by atoms with E-state index in [-0.39, 0.29) is 63.3 Å². The summed E-state index contributed by atoms with van der Waals surface area (Å²) in [5.41, 5.74) is 9.87. The molecular weight excluding hydrogens is 657 g/mol. The van der Waals surface area contributed by atoms with Crippen LogP contribution in [0.3, 0.4) is 0 Å². The number of thiazole rings is 1. The number of hydrogen-bond acceptors (Lipinski definition) is 10. The van der Waals surface area contributed by atoms with Crippen molar-refractivity contribution in [1.82, 2.24) is 30.1 Å². The number of aromatic nitrogens is 1. The molecule has 0 bridgehead atoms. The summed E-state index contributed by atoms with van der Waals surface area (Å²) in [6.07, 6.45) is 8.20. The summed E-state index contributed by atoms with van der Waals surface area (Å²) in [5, 5.41) is 9.46. The van der Waals surface area contributed by atoms with E-state index in [0.29, 0.717) is 16.6 Å². The fourth-order valence-corrected chi connectivity index (χ4v) is 7.35. The van der Waals surface area contributed by atoms with E-state index < -0.39 is 18.2 Å². The smallest absolute Gasteiger partial charge is 0.333 e. The maximum absolute atomic E-state index is 14.4. The van der Waals surface area contributed by atoms with Crippen LogP contribution in [0.1, 0.15) is 16.7 Å². The Hall–Kier alpha value is -5.91. The number of ketones is 1. The Balaban J connectivity index is 1.21. The third-order valence-corrected chi connectivity index (χ3v) is 9.72. The summed E-state index contributed by atoms with van der Waals surface area (Å²) in [7, 11) is 0. The minimum absolute atomic E-state index is 0.0826. The first-order valence-electron chi connectivity index (χ1n) is 16.0. The van der Waals surface area contributed by atoms with Gasteiger partial charge < -0.3 is 30.9 Å². The Morgan fingerprint density at radius 1 is 1.12 bits per heavy atom. The maximum Gasteiger partial charge on any atom is 0.333 e. The van der Waals surface area contributed by atoms with Gasteiger partial charge in [0.25, 0.3) is 0 Å². The van der Waals surface area contributed by atoms with Gasteiger partial charge in [0.15, 0.2) is 17.5 Å². The van der Waals surface area contributed by atoms with E-state index >= 15 is 0 Å². The number of hydrazine groups is 1. The number of nitrogen functional groups attached to an aromatic ring is 1. The van der Waals surface area contributed by atoms with E-state index in [2.05, 4.69) is 21.5 Å². The number of ether oxygens (including phenoxy) is 1. The molecule has 254 valence electrons. The third kappa shape index (κ3) is 6.56. The van der Waals surface area contributed by atoms with E-state index in [9.17, 15) is 19.2 Å². The van der Waals surface area contributed by atoms with Gasteiger partial charge in [-0.1, -0.05) is 65.8 Å². The molecular formula is C36H34N8O5S. The quantitative estimate of drug-likeness (QED) is 0.237. The molecule has 4 N–H and O–H groups in total. The topological polar surface area (TPSA) is 153 Å². The molecule has 2 saturated heterocycles. The van der Waals surface area contributed by atoms with Crippen molar-refractivity contribution in [3.05, 3.63) is 95.7 Å². The van der Waals surface area contributed by atoms with Crippen molar-refractivity contribution in [1.29, 1.82) is 0 Å². The highest BCUT2D eigenvalue weighted by molar-refractivity contribution is 7.22. The first kappa shape index (κ1) is 32.6. The Labute approximate surface area is 292 Å². The number of piperazine rings is 1. The average molecular weight is 691 g/mol. The minimum Gasteiger partial charge on any atom is -0.483 e. The number of carbonyl (C=O) groups is 4. The van der Waals surface area contributed by atoms with E-state index in [4.69, 9.17) is 16.9 Å². The molecule has 13 nitrogen and oxygen atoms in total. The SMILES string of the molecule is C#CCN(C(=O)NCc1ccccc1)N1CC(=O)N2[C@@H](Cc3ccc4c(c3)N/C=C/C(=O)CO4)C(=O)N(Cc3cccc4sc(N)nc34)C[C@@H]21. The van der Waals surface area contributed by atoms with E-state index in [1.54, 1.807) is 27.1 Å². The zero-order valence-corrected chi connectivity index (χ0v) is 27.8. The summed E-state index contributed by atoms with van der Waals surface area (Å²) in [6.45, 7) is 0.299. The number of terminal acetylenes is 1. The molecule has 3 aromatic carbocycles. The number of carbonyl (C=O) groups excluding carboxylic acids is 4. The zero-order chi connectivity index (χ0) is 34.8.